The van der Waals surface area contributed by atoms with Crippen molar-refractivity contribution in [2.45, 2.75) is 57.4 Å². The monoisotopic (exact) mass is 851 g/mol. The summed E-state index contributed by atoms with van der Waals surface area (Å²) in [6, 6.07) is -10.1. The lowest BCUT2D eigenvalue weighted by molar-refractivity contribution is -0.258. The van der Waals surface area contributed by atoms with Gasteiger partial charge in [0, 0.05) is 0 Å². The molecule has 0 aromatic heterocycles. The molecule has 0 fully saturated rings. The number of hydroxylamine groups is 6. The van der Waals surface area contributed by atoms with E-state index < -0.39 is 129 Å². The summed E-state index contributed by atoms with van der Waals surface area (Å²) in [5.41, 5.74) is -5.28. The van der Waals surface area contributed by atoms with Crippen molar-refractivity contribution in [2.24, 2.45) is 0 Å². The predicted octanol–water partition coefficient (Wildman–Crippen LogP) is 9.00. The third-order valence-electron chi connectivity index (χ3n) is 7.12. The Labute approximate surface area is 303 Å². The highest BCUT2D eigenvalue weighted by molar-refractivity contribution is 7.48. The van der Waals surface area contributed by atoms with Crippen LogP contribution in [0.25, 0.3) is 0 Å². The summed E-state index contributed by atoms with van der Waals surface area (Å²) in [5.74, 6) is -18.1. The van der Waals surface area contributed by atoms with E-state index in [1.54, 1.807) is 0 Å². The Morgan fingerprint density at radius 1 is 0.482 bits per heavy atom. The Morgan fingerprint density at radius 2 is 0.696 bits per heavy atom. The molecule has 3 amide bonds. The standard InChI is InChI=1S/C30H21F15N3O7P/c1-13(28(37,38)39)46(25(49)19-10-16(31)4-7-22(19)34)53-56(52,54-47(14(2)29(40,41)42)26(50)20-11-17(32)5-8-23(20)35)55-48(15(3)30(43,44)45)27(51)21-12-18(33)6-9-24(21)36/h4-15H,1-3H3/t13-,14-,15-/m0/s1. The molecule has 3 aromatic rings. The second-order valence-corrected chi connectivity index (χ2v) is 12.5. The highest BCUT2D eigenvalue weighted by atomic mass is 31.2. The van der Waals surface area contributed by atoms with Crippen LogP contribution in [0, 0.1) is 34.9 Å². The van der Waals surface area contributed by atoms with E-state index in [-0.39, 0.29) is 57.2 Å². The topological polar surface area (TPSA) is 106 Å². The second kappa shape index (κ2) is 16.7. The Morgan fingerprint density at radius 3 is 0.893 bits per heavy atom. The summed E-state index contributed by atoms with van der Waals surface area (Å²) in [6.07, 6.45) is -17.6. The van der Waals surface area contributed by atoms with Crippen LogP contribution in [-0.4, -0.2) is 69.6 Å². The van der Waals surface area contributed by atoms with E-state index in [4.69, 9.17) is 0 Å². The van der Waals surface area contributed by atoms with Crippen LogP contribution in [0.4, 0.5) is 65.9 Å². The van der Waals surface area contributed by atoms with Crippen LogP contribution in [0.2, 0.25) is 0 Å². The molecular formula is C30H21F15N3O7P. The molecule has 0 radical (unpaired) electrons. The molecule has 56 heavy (non-hydrogen) atoms. The molecule has 0 saturated carbocycles. The van der Waals surface area contributed by atoms with Crippen LogP contribution in [-0.2, 0) is 18.4 Å². The number of alkyl halides is 9. The Balaban J connectivity index is 2.41. The third-order valence-corrected chi connectivity index (χ3v) is 8.25. The van der Waals surface area contributed by atoms with Gasteiger partial charge in [0.1, 0.15) is 34.9 Å². The summed E-state index contributed by atoms with van der Waals surface area (Å²) >= 11 is 0. The van der Waals surface area contributed by atoms with E-state index in [2.05, 4.69) is 13.9 Å². The quantitative estimate of drug-likeness (QED) is 0.102. The van der Waals surface area contributed by atoms with Gasteiger partial charge in [-0.05, 0) is 75.4 Å². The molecule has 0 N–H and O–H groups in total. The number of carbonyl (C=O) groups is 3. The molecular weight excluding hydrogens is 830 g/mol. The fraction of sp³-hybridized carbons (Fsp3) is 0.300. The Bertz CT molecular complexity index is 1790. The number of carbonyl (C=O) groups excluding carboxylic acids is 3. The third kappa shape index (κ3) is 10.7. The van der Waals surface area contributed by atoms with Gasteiger partial charge in [-0.1, -0.05) is 0 Å². The van der Waals surface area contributed by atoms with E-state index in [1.165, 1.54) is 0 Å². The van der Waals surface area contributed by atoms with E-state index in [0.29, 0.717) is 18.2 Å². The summed E-state index contributed by atoms with van der Waals surface area (Å²) in [6.45, 7) is -0.315. The smallest absolute Gasteiger partial charge is 0.267 e. The molecule has 3 rings (SSSR count). The molecule has 308 valence electrons. The Kier molecular flexibility index (Phi) is 13.6. The van der Waals surface area contributed by atoms with Crippen molar-refractivity contribution >= 4 is 25.5 Å². The summed E-state index contributed by atoms with van der Waals surface area (Å²) < 4.78 is 240. The van der Waals surface area contributed by atoms with E-state index in [9.17, 15) is 84.8 Å². The maximum absolute atomic E-state index is 14.6. The number of hydrogen-bond acceptors (Lipinski definition) is 7. The van der Waals surface area contributed by atoms with Gasteiger partial charge in [-0.15, -0.1) is 0 Å². The SMILES string of the molecule is C[C@H](N(OP(=O)(ON(C(=O)c1cc(F)ccc1F)[C@@H](C)C(F)(F)F)ON(C(=O)c1cc(F)ccc1F)[C@@H](C)C(F)(F)F)C(=O)c1cc(F)ccc1F)C(F)(F)F. The highest BCUT2D eigenvalue weighted by Crippen LogP contribution is 2.55. The van der Waals surface area contributed by atoms with Gasteiger partial charge in [-0.3, -0.25) is 14.4 Å². The van der Waals surface area contributed by atoms with Crippen LogP contribution >= 0.6 is 7.82 Å². The minimum atomic E-state index is -7.40. The van der Waals surface area contributed by atoms with Crippen molar-refractivity contribution in [1.82, 2.24) is 15.2 Å². The van der Waals surface area contributed by atoms with Crippen LogP contribution in [0.15, 0.2) is 54.6 Å². The number of benzene rings is 3. The van der Waals surface area contributed by atoms with Gasteiger partial charge < -0.3 is 0 Å². The fourth-order valence-corrected chi connectivity index (χ4v) is 5.34. The maximum Gasteiger partial charge on any atom is 0.540 e. The van der Waals surface area contributed by atoms with Crippen LogP contribution in [0.3, 0.4) is 0 Å². The van der Waals surface area contributed by atoms with Gasteiger partial charge in [0.2, 0.25) is 0 Å². The van der Waals surface area contributed by atoms with Gasteiger partial charge in [-0.2, -0.15) is 68.6 Å². The zero-order valence-electron chi connectivity index (χ0n) is 27.7. The van der Waals surface area contributed by atoms with Crippen molar-refractivity contribution < 1.29 is 98.7 Å². The average molecular weight is 851 g/mol. The van der Waals surface area contributed by atoms with Crippen molar-refractivity contribution in [1.29, 1.82) is 0 Å². The van der Waals surface area contributed by atoms with E-state index in [1.807, 2.05) is 0 Å². The molecule has 10 nitrogen and oxygen atoms in total. The number of rotatable bonds is 12. The first kappa shape index (κ1) is 45.5. The lowest BCUT2D eigenvalue weighted by Crippen LogP contribution is -2.51. The van der Waals surface area contributed by atoms with Crippen molar-refractivity contribution in [3.05, 3.63) is 106 Å². The molecule has 0 aliphatic heterocycles. The first-order valence-corrected chi connectivity index (χ1v) is 16.2. The molecule has 0 heterocycles. The van der Waals surface area contributed by atoms with E-state index >= 15 is 0 Å². The van der Waals surface area contributed by atoms with Crippen LogP contribution < -0.4 is 0 Å². The molecule has 0 bridgehead atoms. The van der Waals surface area contributed by atoms with Gasteiger partial charge in [0.25, 0.3) is 17.7 Å². The lowest BCUT2D eigenvalue weighted by Gasteiger charge is -2.37. The molecule has 0 saturated heterocycles. The summed E-state index contributed by atoms with van der Waals surface area (Å²) in [5, 5.41) is -4.02. The predicted molar refractivity (Wildman–Crippen MR) is 155 cm³/mol. The maximum atomic E-state index is 14.6. The minimum absolute atomic E-state index is 0.105. The summed E-state index contributed by atoms with van der Waals surface area (Å²) in [4.78, 5) is 39.8. The second-order valence-electron chi connectivity index (χ2n) is 11.1. The first-order valence-electron chi connectivity index (χ1n) is 14.7. The largest absolute Gasteiger partial charge is 0.540 e. The number of nitrogens with zero attached hydrogens (tertiary/aromatic N) is 3. The van der Waals surface area contributed by atoms with Gasteiger partial charge >= 0.3 is 26.4 Å². The highest BCUT2D eigenvalue weighted by Gasteiger charge is 2.55. The molecule has 0 aliphatic rings. The molecule has 0 spiro atoms. The number of hydrogen-bond donors (Lipinski definition) is 0. The molecule has 3 aromatic carbocycles. The van der Waals surface area contributed by atoms with E-state index in [0.717, 1.165) is 0 Å². The fourth-order valence-electron chi connectivity index (χ4n) is 3.96. The van der Waals surface area contributed by atoms with Gasteiger partial charge in [0.05, 0.1) is 16.7 Å². The van der Waals surface area contributed by atoms with Gasteiger partial charge in [-0.25, -0.2) is 30.9 Å². The molecule has 3 atom stereocenters. The lowest BCUT2D eigenvalue weighted by atomic mass is 10.1. The van der Waals surface area contributed by atoms with Crippen LogP contribution in [0.5, 0.6) is 0 Å². The molecule has 0 unspecified atom stereocenters. The van der Waals surface area contributed by atoms with Crippen LogP contribution in [0.1, 0.15) is 51.8 Å². The van der Waals surface area contributed by atoms with Crippen molar-refractivity contribution in [3.8, 4) is 0 Å². The van der Waals surface area contributed by atoms with Crippen molar-refractivity contribution in [2.75, 3.05) is 0 Å². The zero-order chi connectivity index (χ0) is 42.9. The van der Waals surface area contributed by atoms with Gasteiger partial charge in [0.15, 0.2) is 18.1 Å². The first-order chi connectivity index (χ1) is 25.5. The van der Waals surface area contributed by atoms with Crippen molar-refractivity contribution in [3.63, 3.8) is 0 Å². The minimum Gasteiger partial charge on any atom is -0.267 e. The molecule has 0 aliphatic carbocycles. The number of halogens is 15. The average Bonchev–Trinajstić information content (AvgIpc) is 3.08. The number of amides is 3. The zero-order valence-corrected chi connectivity index (χ0v) is 28.6. The number of phosphoric acid groups is 1. The summed E-state index contributed by atoms with van der Waals surface area (Å²) in [7, 11) is -7.40. The normalized spacial score (nSPS) is 14.2. The molecule has 26 heteroatoms. The Hall–Kier alpha value is -4.87.